The maximum Gasteiger partial charge on any atom is 0.150 e. The van der Waals surface area contributed by atoms with Crippen molar-refractivity contribution in [1.82, 2.24) is 4.98 Å². The van der Waals surface area contributed by atoms with Gasteiger partial charge in [-0.2, -0.15) is 5.26 Å². The summed E-state index contributed by atoms with van der Waals surface area (Å²) in [6.45, 7) is 0. The molecular weight excluding hydrogens is 286 g/mol. The largest absolute Gasteiger partial charge is 0.454 e. The van der Waals surface area contributed by atoms with Crippen LogP contribution in [0.2, 0.25) is 5.02 Å². The molecule has 0 atom stereocenters. The number of hydrogen-bond acceptors (Lipinski definition) is 4. The number of nitriles is 1. The van der Waals surface area contributed by atoms with Gasteiger partial charge >= 0.3 is 0 Å². The highest BCUT2D eigenvalue weighted by atomic mass is 35.5. The highest BCUT2D eigenvalue weighted by Crippen LogP contribution is 2.33. The van der Waals surface area contributed by atoms with Crippen molar-refractivity contribution in [2.75, 3.05) is 5.73 Å². The molecule has 0 aliphatic rings. The van der Waals surface area contributed by atoms with Crippen LogP contribution in [-0.4, -0.2) is 4.98 Å². The number of nitrogens with zero attached hydrogens (tertiary/aromatic N) is 2. The number of hydrogen-bond donors (Lipinski definition) is 1. The second-order valence-corrected chi connectivity index (χ2v) is 4.87. The van der Waals surface area contributed by atoms with E-state index in [2.05, 4.69) is 4.98 Å². The molecule has 2 N–H and O–H groups in total. The first kappa shape index (κ1) is 13.2. The molecule has 3 aromatic rings. The average Bonchev–Trinajstić information content (AvgIpc) is 2.49. The first-order chi connectivity index (χ1) is 10.2. The molecule has 5 heteroatoms. The molecule has 0 saturated carbocycles. The van der Waals surface area contributed by atoms with Gasteiger partial charge in [0, 0.05) is 16.6 Å². The molecule has 1 aromatic heterocycles. The van der Waals surface area contributed by atoms with E-state index in [0.29, 0.717) is 27.8 Å². The number of rotatable bonds is 2. The van der Waals surface area contributed by atoms with Crippen molar-refractivity contribution in [3.63, 3.8) is 0 Å². The lowest BCUT2D eigenvalue weighted by Gasteiger charge is -2.10. The van der Waals surface area contributed by atoms with E-state index in [4.69, 9.17) is 27.3 Å². The average molecular weight is 296 g/mol. The second kappa shape index (κ2) is 5.31. The van der Waals surface area contributed by atoms with E-state index in [1.54, 1.807) is 42.6 Å². The molecule has 1 heterocycles. The van der Waals surface area contributed by atoms with E-state index in [-0.39, 0.29) is 0 Å². The Kier molecular flexibility index (Phi) is 3.35. The fourth-order valence-electron chi connectivity index (χ4n) is 2.01. The molecule has 3 rings (SSSR count). The minimum atomic E-state index is 0.410. The third-order valence-electron chi connectivity index (χ3n) is 3.02. The lowest BCUT2D eigenvalue weighted by Crippen LogP contribution is -1.94. The van der Waals surface area contributed by atoms with Crippen LogP contribution >= 0.6 is 11.6 Å². The van der Waals surface area contributed by atoms with Crippen LogP contribution in [0.25, 0.3) is 10.9 Å². The summed E-state index contributed by atoms with van der Waals surface area (Å²) >= 11 is 5.96. The predicted octanol–water partition coefficient (Wildman–Crippen LogP) is 4.13. The number of nitrogens with two attached hydrogens (primary N) is 1. The Balaban J connectivity index is 2.04. The first-order valence-electron chi connectivity index (χ1n) is 6.19. The molecule has 2 aromatic carbocycles. The van der Waals surface area contributed by atoms with E-state index >= 15 is 0 Å². The minimum Gasteiger partial charge on any atom is -0.454 e. The molecule has 0 spiro atoms. The van der Waals surface area contributed by atoms with Crippen LogP contribution in [0.3, 0.4) is 0 Å². The van der Waals surface area contributed by atoms with Crippen LogP contribution in [-0.2, 0) is 0 Å². The summed E-state index contributed by atoms with van der Waals surface area (Å²) in [7, 11) is 0. The second-order valence-electron chi connectivity index (χ2n) is 4.44. The first-order valence-corrected chi connectivity index (χ1v) is 6.57. The molecule has 0 radical (unpaired) electrons. The normalized spacial score (nSPS) is 10.3. The van der Waals surface area contributed by atoms with Crippen LogP contribution in [0.4, 0.5) is 5.69 Å². The molecule has 102 valence electrons. The van der Waals surface area contributed by atoms with Gasteiger partial charge in [-0.1, -0.05) is 11.6 Å². The Morgan fingerprint density at radius 1 is 1.10 bits per heavy atom. The van der Waals surface area contributed by atoms with Gasteiger partial charge in [0.25, 0.3) is 0 Å². The highest BCUT2D eigenvalue weighted by Gasteiger charge is 2.08. The summed E-state index contributed by atoms with van der Waals surface area (Å²) in [5, 5.41) is 10.3. The zero-order valence-electron chi connectivity index (χ0n) is 10.9. The Morgan fingerprint density at radius 2 is 1.95 bits per heavy atom. The standard InChI is InChI=1S/C16H10ClN3O/c17-11-2-3-12-14(8-11)20-6-5-15(12)21-16-4-1-10(9-18)7-13(16)19/h1-8H,19H2. The Labute approximate surface area is 126 Å². The third-order valence-corrected chi connectivity index (χ3v) is 3.26. The van der Waals surface area contributed by atoms with Gasteiger partial charge in [-0.05, 0) is 42.5 Å². The summed E-state index contributed by atoms with van der Waals surface area (Å²) in [5.41, 5.74) is 7.54. The van der Waals surface area contributed by atoms with Crippen LogP contribution in [0.5, 0.6) is 11.5 Å². The molecule has 0 unspecified atom stereocenters. The van der Waals surface area contributed by atoms with E-state index in [1.807, 2.05) is 12.1 Å². The van der Waals surface area contributed by atoms with Gasteiger partial charge in [0.2, 0.25) is 0 Å². The molecule has 0 amide bonds. The van der Waals surface area contributed by atoms with E-state index in [1.165, 1.54) is 0 Å². The number of halogens is 1. The van der Waals surface area contributed by atoms with Gasteiger partial charge < -0.3 is 10.5 Å². The molecule has 0 fully saturated rings. The number of fused-ring (bicyclic) bond motifs is 1. The summed E-state index contributed by atoms with van der Waals surface area (Å²) in [4.78, 5) is 4.26. The van der Waals surface area contributed by atoms with Crippen LogP contribution in [0.1, 0.15) is 5.56 Å². The van der Waals surface area contributed by atoms with Gasteiger partial charge in [0.05, 0.1) is 22.8 Å². The minimum absolute atomic E-state index is 0.410. The smallest absolute Gasteiger partial charge is 0.150 e. The lowest BCUT2D eigenvalue weighted by atomic mass is 10.2. The molecule has 0 aliphatic carbocycles. The highest BCUT2D eigenvalue weighted by molar-refractivity contribution is 6.31. The Bertz CT molecular complexity index is 871. The maximum absolute atomic E-state index is 8.84. The summed E-state index contributed by atoms with van der Waals surface area (Å²) in [5.74, 6) is 1.13. The van der Waals surface area contributed by atoms with Crippen molar-refractivity contribution in [1.29, 1.82) is 5.26 Å². The van der Waals surface area contributed by atoms with Crippen LogP contribution < -0.4 is 10.5 Å². The van der Waals surface area contributed by atoms with Gasteiger partial charge in [-0.3, -0.25) is 4.98 Å². The number of aromatic nitrogens is 1. The van der Waals surface area contributed by atoms with Crippen molar-refractivity contribution in [3.8, 4) is 17.6 Å². The Hall–Kier alpha value is -2.77. The third kappa shape index (κ3) is 2.60. The zero-order valence-corrected chi connectivity index (χ0v) is 11.6. The van der Waals surface area contributed by atoms with Gasteiger partial charge in [-0.25, -0.2) is 0 Å². The van der Waals surface area contributed by atoms with E-state index in [0.717, 1.165) is 10.9 Å². The van der Waals surface area contributed by atoms with Gasteiger partial charge in [0.15, 0.2) is 0 Å². The monoisotopic (exact) mass is 295 g/mol. The van der Waals surface area contributed by atoms with Crippen LogP contribution in [0, 0.1) is 11.3 Å². The summed E-state index contributed by atoms with van der Waals surface area (Å²) in [6.07, 6.45) is 1.65. The molecule has 21 heavy (non-hydrogen) atoms. The van der Waals surface area contributed by atoms with E-state index < -0.39 is 0 Å². The van der Waals surface area contributed by atoms with Crippen LogP contribution in [0.15, 0.2) is 48.7 Å². The fourth-order valence-corrected chi connectivity index (χ4v) is 2.18. The fraction of sp³-hybridized carbons (Fsp3) is 0. The quantitative estimate of drug-likeness (QED) is 0.721. The zero-order chi connectivity index (χ0) is 14.8. The van der Waals surface area contributed by atoms with Crippen molar-refractivity contribution >= 4 is 28.2 Å². The van der Waals surface area contributed by atoms with Crippen molar-refractivity contribution in [2.45, 2.75) is 0 Å². The van der Waals surface area contributed by atoms with Crippen molar-refractivity contribution in [3.05, 3.63) is 59.2 Å². The number of benzene rings is 2. The molecule has 4 nitrogen and oxygen atoms in total. The molecular formula is C16H10ClN3O. The summed E-state index contributed by atoms with van der Waals surface area (Å²) in [6, 6.07) is 14.1. The molecule has 0 aliphatic heterocycles. The molecule has 0 bridgehead atoms. The van der Waals surface area contributed by atoms with Gasteiger partial charge in [-0.15, -0.1) is 0 Å². The number of anilines is 1. The molecule has 0 saturated heterocycles. The SMILES string of the molecule is N#Cc1ccc(Oc2ccnc3cc(Cl)ccc23)c(N)c1. The Morgan fingerprint density at radius 3 is 2.71 bits per heavy atom. The number of nitrogen functional groups attached to an aromatic ring is 1. The topological polar surface area (TPSA) is 71.9 Å². The van der Waals surface area contributed by atoms with E-state index in [9.17, 15) is 0 Å². The predicted molar refractivity (Wildman–Crippen MR) is 82.4 cm³/mol. The summed E-state index contributed by atoms with van der Waals surface area (Å²) < 4.78 is 5.84. The maximum atomic E-state index is 8.84. The van der Waals surface area contributed by atoms with Crippen molar-refractivity contribution < 1.29 is 4.74 Å². The lowest BCUT2D eigenvalue weighted by molar-refractivity contribution is 0.490. The van der Waals surface area contributed by atoms with Crippen molar-refractivity contribution in [2.24, 2.45) is 0 Å². The number of ether oxygens (including phenoxy) is 1. The number of pyridine rings is 1. The van der Waals surface area contributed by atoms with Gasteiger partial charge in [0.1, 0.15) is 11.5 Å².